The van der Waals surface area contributed by atoms with E-state index in [-0.39, 0.29) is 11.3 Å². The number of ketones is 1. The van der Waals surface area contributed by atoms with Crippen LogP contribution in [0.4, 0.5) is 0 Å². The van der Waals surface area contributed by atoms with Crippen molar-refractivity contribution in [2.45, 2.75) is 6.92 Å². The fraction of sp³-hybridized carbons (Fsp3) is 0.222. The Morgan fingerprint density at radius 1 is 1.38 bits per heavy atom. The predicted molar refractivity (Wildman–Crippen MR) is 92.4 cm³/mol. The topological polar surface area (TPSA) is 94.6 Å². The molecule has 1 heterocycles. The molecule has 0 saturated carbocycles. The maximum absolute atomic E-state index is 12.3. The minimum atomic E-state index is -0.554. The molecule has 1 aromatic carbocycles. The zero-order valence-electron chi connectivity index (χ0n) is 13.7. The highest BCUT2D eigenvalue weighted by Gasteiger charge is 2.16. The molecule has 2 aromatic rings. The second-order valence-corrected chi connectivity index (χ2v) is 5.32. The van der Waals surface area contributed by atoms with Crippen molar-refractivity contribution in [2.75, 3.05) is 13.2 Å². The minimum absolute atomic E-state index is 0.241. The molecular formula is C18H20N2O4. The number of hydrogen-bond acceptors (Lipinski definition) is 5. The minimum Gasteiger partial charge on any atom is -0.507 e. The fourth-order valence-corrected chi connectivity index (χ4v) is 2.18. The van der Waals surface area contributed by atoms with Crippen LogP contribution in [0.1, 0.15) is 21.6 Å². The molecule has 1 aromatic heterocycles. The number of aromatic hydroxyl groups is 1. The van der Waals surface area contributed by atoms with Crippen molar-refractivity contribution in [3.8, 4) is 11.5 Å². The fourth-order valence-electron chi connectivity index (χ4n) is 2.18. The second kappa shape index (κ2) is 7.61. The van der Waals surface area contributed by atoms with E-state index in [1.165, 1.54) is 16.7 Å². The van der Waals surface area contributed by atoms with Gasteiger partial charge in [0.1, 0.15) is 23.7 Å². The molecular weight excluding hydrogens is 308 g/mol. The van der Waals surface area contributed by atoms with E-state index in [1.807, 2.05) is 0 Å². The zero-order valence-corrected chi connectivity index (χ0v) is 13.7. The molecule has 24 heavy (non-hydrogen) atoms. The quantitative estimate of drug-likeness (QED) is 0.621. The number of benzene rings is 1. The molecule has 6 nitrogen and oxygen atoms in total. The van der Waals surface area contributed by atoms with Crippen LogP contribution >= 0.6 is 0 Å². The summed E-state index contributed by atoms with van der Waals surface area (Å²) in [6.45, 7) is 2.49. The van der Waals surface area contributed by atoms with Gasteiger partial charge >= 0.3 is 0 Å². The van der Waals surface area contributed by atoms with Gasteiger partial charge in [-0.15, -0.1) is 0 Å². The van der Waals surface area contributed by atoms with Crippen LogP contribution in [-0.4, -0.2) is 28.6 Å². The number of carbonyl (C=O) groups excluding carboxylic acids is 1. The van der Waals surface area contributed by atoms with Gasteiger partial charge in [0.05, 0.1) is 0 Å². The first kappa shape index (κ1) is 17.5. The molecule has 3 N–H and O–H groups in total. The Balaban J connectivity index is 2.26. The second-order valence-electron chi connectivity index (χ2n) is 5.32. The monoisotopic (exact) mass is 328 g/mol. The SMILES string of the molecule is Cc1cc(O)c(C(=O)/C=C/c2cccc(OCCN)c2)c(=O)n1C. The third-order valence-electron chi connectivity index (χ3n) is 3.57. The van der Waals surface area contributed by atoms with Crippen LogP contribution in [0, 0.1) is 6.92 Å². The van der Waals surface area contributed by atoms with Crippen LogP contribution in [0.3, 0.4) is 0 Å². The molecule has 0 aliphatic rings. The molecule has 6 heteroatoms. The lowest BCUT2D eigenvalue weighted by Crippen LogP contribution is -2.25. The van der Waals surface area contributed by atoms with Crippen LogP contribution in [0.2, 0.25) is 0 Å². The van der Waals surface area contributed by atoms with E-state index < -0.39 is 11.3 Å². The van der Waals surface area contributed by atoms with Crippen molar-refractivity contribution in [2.24, 2.45) is 12.8 Å². The normalized spacial score (nSPS) is 11.0. The Hall–Kier alpha value is -2.86. The zero-order chi connectivity index (χ0) is 17.7. The number of aryl methyl sites for hydroxylation is 1. The molecule has 0 unspecified atom stereocenters. The van der Waals surface area contributed by atoms with Gasteiger partial charge in [0, 0.05) is 25.4 Å². The summed E-state index contributed by atoms with van der Waals surface area (Å²) in [6.07, 6.45) is 2.82. The molecule has 0 amide bonds. The van der Waals surface area contributed by atoms with Crippen LogP contribution in [0.15, 0.2) is 41.2 Å². The molecule has 0 aliphatic carbocycles. The number of hydrogen-bond donors (Lipinski definition) is 2. The molecule has 0 spiro atoms. The standard InChI is InChI=1S/C18H20N2O4/c1-12-10-16(22)17(18(23)20(12)2)15(21)7-6-13-4-3-5-14(11-13)24-9-8-19/h3-7,10-11,22H,8-9,19H2,1-2H3/b7-6+. The highest BCUT2D eigenvalue weighted by molar-refractivity contribution is 6.08. The van der Waals surface area contributed by atoms with Gasteiger partial charge < -0.3 is 20.1 Å². The van der Waals surface area contributed by atoms with Crippen molar-refractivity contribution < 1.29 is 14.6 Å². The molecule has 2 rings (SSSR count). The number of pyridine rings is 1. The predicted octanol–water partition coefficient (Wildman–Crippen LogP) is 1.63. The molecule has 0 fully saturated rings. The molecule has 0 aliphatic heterocycles. The van der Waals surface area contributed by atoms with Gasteiger partial charge in [0.2, 0.25) is 0 Å². The maximum atomic E-state index is 12.3. The largest absolute Gasteiger partial charge is 0.507 e. The molecule has 0 radical (unpaired) electrons. The van der Waals surface area contributed by atoms with E-state index >= 15 is 0 Å². The van der Waals surface area contributed by atoms with Gasteiger partial charge in [-0.1, -0.05) is 18.2 Å². The number of carbonyl (C=O) groups is 1. The summed E-state index contributed by atoms with van der Waals surface area (Å²) >= 11 is 0. The Morgan fingerprint density at radius 2 is 2.12 bits per heavy atom. The summed E-state index contributed by atoms with van der Waals surface area (Å²) in [6, 6.07) is 8.53. The van der Waals surface area contributed by atoms with E-state index in [0.717, 1.165) is 5.56 Å². The van der Waals surface area contributed by atoms with Gasteiger partial charge in [-0.05, 0) is 30.7 Å². The molecule has 126 valence electrons. The number of rotatable bonds is 6. The smallest absolute Gasteiger partial charge is 0.265 e. The third kappa shape index (κ3) is 3.91. The summed E-state index contributed by atoms with van der Waals surface area (Å²) in [5.74, 6) is -0.226. The highest BCUT2D eigenvalue weighted by atomic mass is 16.5. The first-order valence-electron chi connectivity index (χ1n) is 7.49. The first-order valence-corrected chi connectivity index (χ1v) is 7.49. The van der Waals surface area contributed by atoms with Gasteiger partial charge in [-0.3, -0.25) is 9.59 Å². The molecule has 0 bridgehead atoms. The summed E-state index contributed by atoms with van der Waals surface area (Å²) in [5, 5.41) is 9.91. The first-order chi connectivity index (χ1) is 11.4. The third-order valence-corrected chi connectivity index (χ3v) is 3.57. The van der Waals surface area contributed by atoms with Crippen LogP contribution in [0.25, 0.3) is 6.08 Å². The van der Waals surface area contributed by atoms with Gasteiger partial charge in [0.25, 0.3) is 5.56 Å². The number of allylic oxidation sites excluding steroid dienone is 1. The maximum Gasteiger partial charge on any atom is 0.265 e. The van der Waals surface area contributed by atoms with E-state index in [2.05, 4.69) is 0 Å². The van der Waals surface area contributed by atoms with E-state index in [9.17, 15) is 14.7 Å². The van der Waals surface area contributed by atoms with Crippen molar-refractivity contribution in [3.63, 3.8) is 0 Å². The number of aromatic nitrogens is 1. The van der Waals surface area contributed by atoms with E-state index in [0.29, 0.717) is 24.6 Å². The lowest BCUT2D eigenvalue weighted by Gasteiger charge is -2.07. The highest BCUT2D eigenvalue weighted by Crippen LogP contribution is 2.17. The number of ether oxygens (including phenoxy) is 1. The number of nitrogens with two attached hydrogens (primary N) is 1. The number of nitrogens with zero attached hydrogens (tertiary/aromatic N) is 1. The van der Waals surface area contributed by atoms with Crippen molar-refractivity contribution in [1.82, 2.24) is 4.57 Å². The lowest BCUT2D eigenvalue weighted by molar-refractivity contribution is 0.104. The molecule has 0 atom stereocenters. The molecule has 0 saturated heterocycles. The Kier molecular flexibility index (Phi) is 5.55. The van der Waals surface area contributed by atoms with Crippen molar-refractivity contribution >= 4 is 11.9 Å². The van der Waals surface area contributed by atoms with E-state index in [1.54, 1.807) is 44.3 Å². The summed E-state index contributed by atoms with van der Waals surface area (Å²) < 4.78 is 6.74. The van der Waals surface area contributed by atoms with Gasteiger partial charge in [-0.2, -0.15) is 0 Å². The summed E-state index contributed by atoms with van der Waals surface area (Å²) in [7, 11) is 1.55. The van der Waals surface area contributed by atoms with Gasteiger partial charge in [0.15, 0.2) is 5.78 Å². The summed E-state index contributed by atoms with van der Waals surface area (Å²) in [4.78, 5) is 24.4. The van der Waals surface area contributed by atoms with E-state index in [4.69, 9.17) is 10.5 Å². The van der Waals surface area contributed by atoms with Crippen LogP contribution in [0.5, 0.6) is 11.5 Å². The average molecular weight is 328 g/mol. The van der Waals surface area contributed by atoms with Crippen LogP contribution < -0.4 is 16.0 Å². The van der Waals surface area contributed by atoms with Crippen molar-refractivity contribution in [3.05, 3.63) is 63.6 Å². The lowest BCUT2D eigenvalue weighted by atomic mass is 10.1. The summed E-state index contributed by atoms with van der Waals surface area (Å²) in [5.41, 5.74) is 5.93. The van der Waals surface area contributed by atoms with Crippen molar-refractivity contribution in [1.29, 1.82) is 0 Å². The Bertz CT molecular complexity index is 837. The van der Waals surface area contributed by atoms with Gasteiger partial charge in [-0.25, -0.2) is 0 Å². The Morgan fingerprint density at radius 3 is 2.83 bits per heavy atom. The average Bonchev–Trinajstić information content (AvgIpc) is 2.56. The Labute approximate surface area is 139 Å². The van der Waals surface area contributed by atoms with Crippen LogP contribution in [-0.2, 0) is 7.05 Å².